The van der Waals surface area contributed by atoms with E-state index in [9.17, 15) is 13.9 Å². The molecule has 0 aromatic carbocycles. The van der Waals surface area contributed by atoms with E-state index in [1.807, 2.05) is 0 Å². The van der Waals surface area contributed by atoms with Gasteiger partial charge in [-0.3, -0.25) is 32.5 Å². The van der Waals surface area contributed by atoms with Crippen molar-refractivity contribution in [2.45, 2.75) is 49.2 Å². The van der Waals surface area contributed by atoms with Crippen LogP contribution in [0.3, 0.4) is 0 Å². The van der Waals surface area contributed by atoms with E-state index in [1.54, 1.807) is 0 Å². The molecule has 0 spiro atoms. The number of H-pyrrole nitrogens is 1. The quantitative estimate of drug-likeness (QED) is 0.125. The van der Waals surface area contributed by atoms with Gasteiger partial charge in [0, 0.05) is 0 Å². The molecule has 3 aliphatic heterocycles. The Hall–Kier alpha value is -3.01. The summed E-state index contributed by atoms with van der Waals surface area (Å²) in [7, 11) is -3.06. The predicted octanol–water partition coefficient (Wildman–Crippen LogP) is 0.191. The van der Waals surface area contributed by atoms with Crippen LogP contribution in [-0.2, 0) is 36.7 Å². The molecule has 3 aliphatic rings. The summed E-state index contributed by atoms with van der Waals surface area (Å²) in [5.74, 6) is -0.208. The Labute approximate surface area is 255 Å². The van der Waals surface area contributed by atoms with E-state index >= 15 is 8.78 Å². The average molecular weight is 690 g/mol. The van der Waals surface area contributed by atoms with Crippen molar-refractivity contribution in [2.24, 2.45) is 0 Å². The molecule has 0 saturated carbocycles. The number of nitrogens with one attached hydrogen (secondary N) is 1. The van der Waals surface area contributed by atoms with E-state index in [4.69, 9.17) is 39.0 Å². The zero-order valence-corrected chi connectivity index (χ0v) is 25.5. The molecule has 5 N–H and O–H groups in total. The molecule has 240 valence electrons. The summed E-state index contributed by atoms with van der Waals surface area (Å²) >= 11 is 3.99. The van der Waals surface area contributed by atoms with Crippen molar-refractivity contribution in [1.29, 1.82) is 0 Å². The maximum Gasteiger partial charge on any atom is 0.386 e. The monoisotopic (exact) mass is 690 g/mol. The van der Waals surface area contributed by atoms with Gasteiger partial charge in [-0.2, -0.15) is 4.98 Å². The second-order valence-electron chi connectivity index (χ2n) is 10.3. The first-order chi connectivity index (χ1) is 21.3. The lowest BCUT2D eigenvalue weighted by Crippen LogP contribution is -2.37. The van der Waals surface area contributed by atoms with Gasteiger partial charge in [0.15, 0.2) is 47.4 Å². The fourth-order valence-electron chi connectivity index (χ4n) is 5.35. The topological polar surface area (TPSA) is 249 Å². The molecular formula is C20H23BF2N10O9P2S. The van der Waals surface area contributed by atoms with Gasteiger partial charge in [-0.15, -0.1) is 0 Å². The van der Waals surface area contributed by atoms with E-state index in [0.717, 1.165) is 24.8 Å². The maximum absolute atomic E-state index is 16.0. The number of nitrogen functional groups attached to an aromatic ring is 2. The minimum atomic E-state index is -4.41. The van der Waals surface area contributed by atoms with Crippen molar-refractivity contribution in [1.82, 2.24) is 39.0 Å². The molecule has 1 unspecified atom stereocenters. The summed E-state index contributed by atoms with van der Waals surface area (Å²) in [5.41, 5.74) is 10.9. The number of anilines is 2. The molecule has 4 aromatic heterocycles. The molecule has 3 fully saturated rings. The molecule has 3 saturated heterocycles. The SMILES string of the molecule is BP1(=O)OC[C@H]2O[C@@H](n3cnc4c(N)ncnc43)[C@H](F)[C@@H]2O[P@@](=O)(S)OC[C@H]2O[C@@H](n3cnc4c(=O)[nH]c(N)nc43)[C@H](F)[C@@H]2O1. The molecule has 0 radical (unpaired) electrons. The third-order valence-electron chi connectivity index (χ3n) is 7.36. The molecule has 19 nitrogen and oxygen atoms in total. The zero-order chi connectivity index (χ0) is 31.8. The first-order valence-corrected chi connectivity index (χ1v) is 17.8. The van der Waals surface area contributed by atoms with Crippen LogP contribution < -0.4 is 17.0 Å². The van der Waals surface area contributed by atoms with E-state index in [0.29, 0.717) is 0 Å². The summed E-state index contributed by atoms with van der Waals surface area (Å²) in [6.07, 6.45) is -9.53. The third-order valence-corrected chi connectivity index (χ3v) is 10.2. The van der Waals surface area contributed by atoms with Gasteiger partial charge in [-0.25, -0.2) is 33.3 Å². The van der Waals surface area contributed by atoms with Crippen LogP contribution >= 0.6 is 26.5 Å². The number of fused-ring (bicyclic) bond motifs is 4. The van der Waals surface area contributed by atoms with Crippen molar-refractivity contribution in [3.8, 4) is 0 Å². The third kappa shape index (κ3) is 5.45. The lowest BCUT2D eigenvalue weighted by Gasteiger charge is -2.29. The predicted molar refractivity (Wildman–Crippen MR) is 154 cm³/mol. The van der Waals surface area contributed by atoms with Gasteiger partial charge in [-0.05, 0) is 0 Å². The van der Waals surface area contributed by atoms with Gasteiger partial charge in [0.25, 0.3) is 20.6 Å². The lowest BCUT2D eigenvalue weighted by atomic mass is 10.1. The van der Waals surface area contributed by atoms with Gasteiger partial charge in [0.2, 0.25) is 5.95 Å². The number of aromatic nitrogens is 8. The number of ether oxygens (including phenoxy) is 2. The Balaban J connectivity index is 1.17. The van der Waals surface area contributed by atoms with E-state index in [1.165, 1.54) is 10.9 Å². The Kier molecular flexibility index (Phi) is 7.53. The Morgan fingerprint density at radius 3 is 2.20 bits per heavy atom. The van der Waals surface area contributed by atoms with Crippen LogP contribution in [0.25, 0.3) is 22.3 Å². The second kappa shape index (κ2) is 11.1. The highest BCUT2D eigenvalue weighted by Gasteiger charge is 2.54. The molecule has 7 rings (SSSR count). The summed E-state index contributed by atoms with van der Waals surface area (Å²) in [6, 6.07) is 0. The first kappa shape index (κ1) is 30.6. The minimum Gasteiger partial charge on any atom is -0.382 e. The van der Waals surface area contributed by atoms with Crippen molar-refractivity contribution in [2.75, 3.05) is 24.7 Å². The van der Waals surface area contributed by atoms with Crippen LogP contribution in [0.5, 0.6) is 0 Å². The molecule has 25 heteroatoms. The van der Waals surface area contributed by atoms with Crippen molar-refractivity contribution >= 4 is 68.2 Å². The Morgan fingerprint density at radius 1 is 0.911 bits per heavy atom. The Morgan fingerprint density at radius 2 is 1.51 bits per heavy atom. The van der Waals surface area contributed by atoms with Crippen LogP contribution in [0.1, 0.15) is 12.5 Å². The van der Waals surface area contributed by atoms with Crippen molar-refractivity contribution in [3.05, 3.63) is 29.3 Å². The zero-order valence-electron chi connectivity index (χ0n) is 22.8. The molecule has 10 atom stereocenters. The highest BCUT2D eigenvalue weighted by Crippen LogP contribution is 2.58. The van der Waals surface area contributed by atoms with E-state index in [-0.39, 0.29) is 34.1 Å². The number of nitrogens with two attached hydrogens (primary N) is 2. The van der Waals surface area contributed by atoms with E-state index in [2.05, 4.69) is 42.2 Å². The van der Waals surface area contributed by atoms with Crippen LogP contribution in [0.2, 0.25) is 0 Å². The standard InChI is InChI=1S/C20H23BF2N10O9P2S/c21-43(35)37-1-6-13(9(23)18(39-6)32-4-28-10-14(24)26-3-27-15(10)32)42-44(36,45)38-2-7-12(41-43)8(22)19(40-7)33-5-29-11-16(33)30-20(25)31-17(11)34/h3-9,12-13,18-19H,1-2,21H2,(H,36,45)(H2,24,26,27)(H3,25,30,31,34)/t6-,7-,8-,9-,12-,13-,18-,19-,43?,44+/m1/s1. The van der Waals surface area contributed by atoms with Crippen LogP contribution in [0.4, 0.5) is 20.5 Å². The normalized spacial score (nSPS) is 37.7. The number of imidazole rings is 2. The second-order valence-corrected chi connectivity index (χ2v) is 15.2. The Bertz CT molecular complexity index is 1950. The van der Waals surface area contributed by atoms with Crippen LogP contribution in [-0.4, -0.2) is 96.6 Å². The largest absolute Gasteiger partial charge is 0.386 e. The fraction of sp³-hybridized carbons (Fsp3) is 0.500. The number of halogens is 2. The lowest BCUT2D eigenvalue weighted by molar-refractivity contribution is -0.0546. The van der Waals surface area contributed by atoms with Gasteiger partial charge in [-0.1, -0.05) is 12.2 Å². The summed E-state index contributed by atoms with van der Waals surface area (Å²) in [6.45, 7) is -5.69. The summed E-state index contributed by atoms with van der Waals surface area (Å²) in [4.78, 5) is 34.5. The highest BCUT2D eigenvalue weighted by atomic mass is 32.7. The average Bonchev–Trinajstić information content (AvgIpc) is 3.72. The van der Waals surface area contributed by atoms with Crippen LogP contribution in [0.15, 0.2) is 23.8 Å². The maximum atomic E-state index is 16.0. The molecule has 45 heavy (non-hydrogen) atoms. The number of hydrogen-bond donors (Lipinski definition) is 4. The fourth-order valence-corrected chi connectivity index (χ4v) is 8.01. The number of alkyl halides is 2. The summed E-state index contributed by atoms with van der Waals surface area (Å²) < 4.78 is 94.8. The molecule has 0 bridgehead atoms. The highest BCUT2D eigenvalue weighted by molar-refractivity contribution is 8.44. The molecule has 0 amide bonds. The van der Waals surface area contributed by atoms with Crippen molar-refractivity contribution < 1.29 is 45.5 Å². The number of hydrogen-bond acceptors (Lipinski definition) is 16. The molecule has 7 heterocycles. The number of rotatable bonds is 2. The van der Waals surface area contributed by atoms with Gasteiger partial charge < -0.3 is 30.0 Å². The van der Waals surface area contributed by atoms with Gasteiger partial charge in [0.05, 0.1) is 25.9 Å². The smallest absolute Gasteiger partial charge is 0.382 e. The number of nitrogens with zero attached hydrogens (tertiary/aromatic N) is 7. The number of aromatic amines is 1. The summed E-state index contributed by atoms with van der Waals surface area (Å²) in [5, 5.41) is 0. The molecule has 0 aliphatic carbocycles. The molecule has 4 aromatic rings. The van der Waals surface area contributed by atoms with Gasteiger partial charge in [0.1, 0.15) is 36.3 Å². The number of thiol groups is 1. The molecular weight excluding hydrogens is 667 g/mol. The first-order valence-electron chi connectivity index (χ1n) is 13.1. The van der Waals surface area contributed by atoms with E-state index < -0.39 is 82.3 Å². The van der Waals surface area contributed by atoms with Crippen LogP contribution in [0, 0.1) is 0 Å². The minimum absolute atomic E-state index is 0.0482. The van der Waals surface area contributed by atoms with Crippen molar-refractivity contribution in [3.63, 3.8) is 0 Å². The van der Waals surface area contributed by atoms with Gasteiger partial charge >= 0.3 is 6.80 Å².